The van der Waals surface area contributed by atoms with Gasteiger partial charge in [-0.1, -0.05) is 12.1 Å². The molecule has 6 nitrogen and oxygen atoms in total. The lowest BCUT2D eigenvalue weighted by molar-refractivity contribution is 0.0520. The van der Waals surface area contributed by atoms with Crippen molar-refractivity contribution < 1.29 is 18.7 Å². The molecule has 0 fully saturated rings. The van der Waals surface area contributed by atoms with Crippen molar-refractivity contribution in [1.82, 2.24) is 15.4 Å². The molecule has 0 amide bonds. The van der Waals surface area contributed by atoms with Crippen LogP contribution in [0.15, 0.2) is 48.5 Å². The van der Waals surface area contributed by atoms with E-state index in [-0.39, 0.29) is 18.1 Å². The molecule has 0 atom stereocenters. The molecule has 7 heteroatoms. The lowest BCUT2D eigenvalue weighted by Gasteiger charge is -2.10. The van der Waals surface area contributed by atoms with E-state index in [9.17, 15) is 9.18 Å². The van der Waals surface area contributed by atoms with E-state index >= 15 is 0 Å². The topological polar surface area (TPSA) is 77.1 Å². The number of ether oxygens (including phenoxy) is 2. The number of esters is 1. The minimum atomic E-state index is -0.571. The van der Waals surface area contributed by atoms with E-state index in [1.54, 1.807) is 31.2 Å². The molecule has 122 valence electrons. The molecule has 0 saturated carbocycles. The number of nitrogens with one attached hydrogen (secondary N) is 1. The van der Waals surface area contributed by atoms with Gasteiger partial charge in [0, 0.05) is 5.56 Å². The number of rotatable bonds is 5. The molecule has 0 aliphatic heterocycles. The first-order valence-corrected chi connectivity index (χ1v) is 7.29. The summed E-state index contributed by atoms with van der Waals surface area (Å²) >= 11 is 0. The Morgan fingerprint density at radius 2 is 1.88 bits per heavy atom. The maximum Gasteiger partial charge on any atom is 0.361 e. The van der Waals surface area contributed by atoms with Crippen molar-refractivity contribution in [2.75, 3.05) is 6.61 Å². The average molecular weight is 327 g/mol. The van der Waals surface area contributed by atoms with E-state index in [1.165, 1.54) is 24.3 Å². The summed E-state index contributed by atoms with van der Waals surface area (Å²) in [6.07, 6.45) is 0. The highest BCUT2D eigenvalue weighted by molar-refractivity contribution is 5.94. The Bertz CT molecular complexity index is 846. The van der Waals surface area contributed by atoms with Crippen molar-refractivity contribution in [2.24, 2.45) is 0 Å². The number of aromatic amines is 1. The molecule has 0 aliphatic rings. The van der Waals surface area contributed by atoms with Crippen LogP contribution in [0.3, 0.4) is 0 Å². The fourth-order valence-corrected chi connectivity index (χ4v) is 2.14. The van der Waals surface area contributed by atoms with Crippen molar-refractivity contribution in [3.63, 3.8) is 0 Å². The number of nitrogens with zero attached hydrogens (tertiary/aromatic N) is 2. The summed E-state index contributed by atoms with van der Waals surface area (Å²) in [6, 6.07) is 12.7. The molecule has 2 aromatic carbocycles. The number of para-hydroxylation sites is 1. The maximum atomic E-state index is 13.0. The van der Waals surface area contributed by atoms with E-state index in [2.05, 4.69) is 15.4 Å². The Morgan fingerprint density at radius 3 is 2.62 bits per heavy atom. The summed E-state index contributed by atoms with van der Waals surface area (Å²) in [4.78, 5) is 12.0. The summed E-state index contributed by atoms with van der Waals surface area (Å²) in [7, 11) is 0. The molecule has 3 rings (SSSR count). The molecule has 1 heterocycles. The van der Waals surface area contributed by atoms with Crippen LogP contribution in [-0.4, -0.2) is 28.0 Å². The van der Waals surface area contributed by atoms with Crippen LogP contribution < -0.4 is 4.74 Å². The largest absolute Gasteiger partial charge is 0.461 e. The second-order valence-electron chi connectivity index (χ2n) is 4.79. The number of aromatic nitrogens is 3. The van der Waals surface area contributed by atoms with Gasteiger partial charge in [-0.25, -0.2) is 9.18 Å². The van der Waals surface area contributed by atoms with Crippen LogP contribution in [0.4, 0.5) is 4.39 Å². The van der Waals surface area contributed by atoms with Gasteiger partial charge in [0.1, 0.15) is 23.0 Å². The highest BCUT2D eigenvalue weighted by Crippen LogP contribution is 2.33. The van der Waals surface area contributed by atoms with E-state index < -0.39 is 5.97 Å². The molecule has 0 radical (unpaired) electrons. The normalized spacial score (nSPS) is 10.4. The van der Waals surface area contributed by atoms with E-state index in [0.29, 0.717) is 22.8 Å². The number of halogens is 1. The molecule has 1 N–H and O–H groups in total. The zero-order valence-electron chi connectivity index (χ0n) is 12.8. The lowest BCUT2D eigenvalue weighted by atomic mass is 10.1. The monoisotopic (exact) mass is 327 g/mol. The van der Waals surface area contributed by atoms with Gasteiger partial charge in [-0.15, -0.1) is 5.10 Å². The molecular formula is C17H14FN3O3. The van der Waals surface area contributed by atoms with E-state index in [4.69, 9.17) is 9.47 Å². The zero-order valence-corrected chi connectivity index (χ0v) is 12.8. The van der Waals surface area contributed by atoms with Crippen LogP contribution in [0.25, 0.3) is 11.3 Å². The standard InChI is InChI=1S/C17H14FN3O3/c1-2-23-17(22)16-15(19-21-20-16)13-5-3-4-6-14(13)24-12-9-7-11(18)8-10-12/h3-10H,2H2,1H3,(H,19,20,21). The fraction of sp³-hybridized carbons (Fsp3) is 0.118. The third-order valence-corrected chi connectivity index (χ3v) is 3.20. The minimum Gasteiger partial charge on any atom is -0.461 e. The molecular weight excluding hydrogens is 313 g/mol. The van der Waals surface area contributed by atoms with Crippen molar-refractivity contribution >= 4 is 5.97 Å². The Kier molecular flexibility index (Phi) is 4.51. The maximum absolute atomic E-state index is 13.0. The molecule has 1 aromatic heterocycles. The van der Waals surface area contributed by atoms with Crippen LogP contribution in [0.1, 0.15) is 17.4 Å². The first-order chi connectivity index (χ1) is 11.7. The van der Waals surface area contributed by atoms with Crippen molar-refractivity contribution in [2.45, 2.75) is 6.92 Å². The SMILES string of the molecule is CCOC(=O)c1n[nH]nc1-c1ccccc1Oc1ccc(F)cc1. The Labute approximate surface area is 137 Å². The van der Waals surface area contributed by atoms with Crippen LogP contribution in [0.5, 0.6) is 11.5 Å². The first-order valence-electron chi connectivity index (χ1n) is 7.29. The second kappa shape index (κ2) is 6.91. The highest BCUT2D eigenvalue weighted by atomic mass is 19.1. The molecule has 3 aromatic rings. The van der Waals surface area contributed by atoms with Crippen LogP contribution in [0.2, 0.25) is 0 Å². The number of H-pyrrole nitrogens is 1. The van der Waals surface area contributed by atoms with Gasteiger partial charge in [-0.05, 0) is 43.3 Å². The quantitative estimate of drug-likeness (QED) is 0.725. The predicted octanol–water partition coefficient (Wildman–Crippen LogP) is 3.58. The smallest absolute Gasteiger partial charge is 0.361 e. The van der Waals surface area contributed by atoms with Crippen LogP contribution in [0, 0.1) is 5.82 Å². The van der Waals surface area contributed by atoms with Crippen molar-refractivity contribution in [1.29, 1.82) is 0 Å². The third-order valence-electron chi connectivity index (χ3n) is 3.20. The summed E-state index contributed by atoms with van der Waals surface area (Å²) in [5.41, 5.74) is 0.969. The molecule has 0 bridgehead atoms. The van der Waals surface area contributed by atoms with Crippen LogP contribution in [-0.2, 0) is 4.74 Å². The van der Waals surface area contributed by atoms with Gasteiger partial charge >= 0.3 is 5.97 Å². The summed E-state index contributed by atoms with van der Waals surface area (Å²) in [5.74, 6) is 0.00292. The van der Waals surface area contributed by atoms with E-state index in [0.717, 1.165) is 0 Å². The van der Waals surface area contributed by atoms with Gasteiger partial charge in [-0.2, -0.15) is 10.3 Å². The number of carbonyl (C=O) groups is 1. The zero-order chi connectivity index (χ0) is 16.9. The Balaban J connectivity index is 1.97. The molecule has 0 aliphatic carbocycles. The van der Waals surface area contributed by atoms with Crippen molar-refractivity contribution in [3.05, 3.63) is 60.0 Å². The Morgan fingerprint density at radius 1 is 1.12 bits per heavy atom. The van der Waals surface area contributed by atoms with Crippen molar-refractivity contribution in [3.8, 4) is 22.8 Å². The molecule has 0 spiro atoms. The molecule has 24 heavy (non-hydrogen) atoms. The fourth-order valence-electron chi connectivity index (χ4n) is 2.14. The number of hydrogen-bond donors (Lipinski definition) is 1. The Hall–Kier alpha value is -3.22. The van der Waals surface area contributed by atoms with Gasteiger partial charge in [0.15, 0.2) is 5.69 Å². The summed E-state index contributed by atoms with van der Waals surface area (Å²) in [5, 5.41) is 10.3. The third kappa shape index (κ3) is 3.24. The summed E-state index contributed by atoms with van der Waals surface area (Å²) < 4.78 is 23.8. The minimum absolute atomic E-state index is 0.0759. The first kappa shape index (κ1) is 15.7. The summed E-state index contributed by atoms with van der Waals surface area (Å²) in [6.45, 7) is 1.95. The van der Waals surface area contributed by atoms with Gasteiger partial charge in [0.2, 0.25) is 0 Å². The number of hydrogen-bond acceptors (Lipinski definition) is 5. The van der Waals surface area contributed by atoms with E-state index in [1.807, 2.05) is 0 Å². The van der Waals surface area contributed by atoms with Gasteiger partial charge in [0.25, 0.3) is 0 Å². The second-order valence-corrected chi connectivity index (χ2v) is 4.79. The number of benzene rings is 2. The average Bonchev–Trinajstić information content (AvgIpc) is 3.07. The van der Waals surface area contributed by atoms with Gasteiger partial charge in [-0.3, -0.25) is 0 Å². The highest BCUT2D eigenvalue weighted by Gasteiger charge is 2.21. The van der Waals surface area contributed by atoms with Gasteiger partial charge in [0.05, 0.1) is 6.61 Å². The number of carbonyl (C=O) groups excluding carboxylic acids is 1. The van der Waals surface area contributed by atoms with Crippen LogP contribution >= 0.6 is 0 Å². The molecule has 0 saturated heterocycles. The molecule has 0 unspecified atom stereocenters. The predicted molar refractivity (Wildman–Crippen MR) is 84.2 cm³/mol. The lowest BCUT2D eigenvalue weighted by Crippen LogP contribution is -2.07. The van der Waals surface area contributed by atoms with Gasteiger partial charge < -0.3 is 9.47 Å².